The maximum absolute atomic E-state index is 6.60. The molecule has 0 saturated carbocycles. The molecule has 1 aliphatic heterocycles. The number of nitrogens with zero attached hydrogens (tertiary/aromatic N) is 4. The van der Waals surface area contributed by atoms with Crippen LogP contribution in [-0.4, -0.2) is 14.1 Å². The summed E-state index contributed by atoms with van der Waals surface area (Å²) in [5.74, 6) is 2.17. The first kappa shape index (κ1) is 33.9. The molecule has 3 heterocycles. The fourth-order valence-corrected chi connectivity index (χ4v) is 9.00. The Morgan fingerprint density at radius 2 is 1.45 bits per heavy atom. The Morgan fingerprint density at radius 1 is 0.765 bits per heavy atom. The molecule has 0 N–H and O–H groups in total. The van der Waals surface area contributed by atoms with Gasteiger partial charge >= 0.3 is 196 Å². The molecule has 0 bridgehead atoms. The fraction of sp³-hybridized carbons (Fsp3) is 0.333. The molecule has 0 atom stereocenters. The molecule has 2 aliphatic rings. The summed E-state index contributed by atoms with van der Waals surface area (Å²) in [7, 11) is 2.09. The molecule has 6 aromatic rings. The van der Waals surface area contributed by atoms with E-state index in [1.54, 1.807) is 0 Å². The van der Waals surface area contributed by atoms with Crippen molar-refractivity contribution < 1.29 is 24.1 Å². The average Bonchev–Trinajstić information content (AvgIpc) is 3.40. The average molecular weight is 854 g/mol. The summed E-state index contributed by atoms with van der Waals surface area (Å²) in [5, 5.41) is 0. The minimum atomic E-state index is -0.0252. The van der Waals surface area contributed by atoms with Gasteiger partial charge in [0.2, 0.25) is 0 Å². The number of ether oxygens (including phenoxy) is 1. The summed E-state index contributed by atoms with van der Waals surface area (Å²) in [5.41, 5.74) is 12.0. The maximum atomic E-state index is 6.60. The molecule has 6 heteroatoms. The number of hydrogen-bond donors (Lipinski definition) is 0. The third-order valence-corrected chi connectivity index (χ3v) is 13.8. The van der Waals surface area contributed by atoms with E-state index >= 15 is 0 Å². The molecule has 8 rings (SSSR count). The first-order valence-corrected chi connectivity index (χ1v) is 19.0. The van der Waals surface area contributed by atoms with Gasteiger partial charge in [0.1, 0.15) is 0 Å². The molecule has 0 radical (unpaired) electrons. The predicted octanol–water partition coefficient (Wildman–Crippen LogP) is 11.1. The molecule has 2 aromatic heterocycles. The zero-order valence-corrected chi connectivity index (χ0v) is 33.6. The molecule has 0 spiro atoms. The second-order valence-corrected chi connectivity index (χ2v) is 17.9. The van der Waals surface area contributed by atoms with E-state index in [0.717, 1.165) is 38.5 Å². The number of para-hydroxylation sites is 2. The third-order valence-electron chi connectivity index (χ3n) is 12.5. The van der Waals surface area contributed by atoms with Crippen molar-refractivity contribution in [2.45, 2.75) is 85.0 Å². The Labute approximate surface area is 313 Å². The first-order valence-electron chi connectivity index (χ1n) is 17.8. The van der Waals surface area contributed by atoms with Crippen LogP contribution in [0.3, 0.4) is 0 Å². The van der Waals surface area contributed by atoms with Crippen molar-refractivity contribution in [1.82, 2.24) is 14.1 Å². The number of benzene rings is 4. The van der Waals surface area contributed by atoms with E-state index in [-0.39, 0.29) is 21.7 Å². The van der Waals surface area contributed by atoms with E-state index in [0.29, 0.717) is 11.5 Å². The predicted molar refractivity (Wildman–Crippen MR) is 203 cm³/mol. The number of imidazole rings is 1. The van der Waals surface area contributed by atoms with Gasteiger partial charge in [0.15, 0.2) is 0 Å². The molecule has 51 heavy (non-hydrogen) atoms. The summed E-state index contributed by atoms with van der Waals surface area (Å²) in [6.45, 7) is 21.3. The Morgan fingerprint density at radius 3 is 2.18 bits per heavy atom. The van der Waals surface area contributed by atoms with Gasteiger partial charge in [-0.15, -0.1) is 0 Å². The van der Waals surface area contributed by atoms with Crippen LogP contribution in [0.25, 0.3) is 16.7 Å². The van der Waals surface area contributed by atoms with Crippen molar-refractivity contribution >= 4 is 28.2 Å². The number of hydrogen-bond acceptors (Lipinski definition) is 3. The van der Waals surface area contributed by atoms with E-state index in [4.69, 9.17) is 9.72 Å². The van der Waals surface area contributed by atoms with Crippen LogP contribution in [0.1, 0.15) is 90.1 Å². The Bertz CT molecular complexity index is 2440. The van der Waals surface area contributed by atoms with E-state index < -0.39 is 0 Å². The van der Waals surface area contributed by atoms with Crippen molar-refractivity contribution in [2.24, 2.45) is 12.5 Å². The number of fused-ring (bicyclic) bond motifs is 4. The Hall–Kier alpha value is -4.21. The van der Waals surface area contributed by atoms with Gasteiger partial charge < -0.3 is 0 Å². The van der Waals surface area contributed by atoms with Gasteiger partial charge in [0, 0.05) is 6.20 Å². The molecule has 5 nitrogen and oxygen atoms in total. The minimum absolute atomic E-state index is 0.0215. The summed E-state index contributed by atoms with van der Waals surface area (Å²) >= 11 is 2.38. The zero-order chi connectivity index (χ0) is 36.2. The summed E-state index contributed by atoms with van der Waals surface area (Å²) in [4.78, 5) is 7.33. The molecule has 1 aliphatic carbocycles. The van der Waals surface area contributed by atoms with Crippen molar-refractivity contribution in [1.29, 1.82) is 0 Å². The van der Waals surface area contributed by atoms with Crippen molar-refractivity contribution in [3.63, 3.8) is 0 Å². The first-order chi connectivity index (χ1) is 24.0. The standard InChI is InChI=1S/C45H46N4O.Pt/c1-42(2,3)31-20-21-46-41(24-31)49-39-26-34(50-33-15-13-14-32(25-33)48-28-47(10)37-16-11-12-17-38(37)48)19-18-29(39)22-30-23-35-36(27-40(30)49)44(6,7)45(8,9)43(35,4)5;/h11-21,23-24,27H,22H2,1-10H3;/q-2;. The summed E-state index contributed by atoms with van der Waals surface area (Å²) in [6.07, 6.45) is 2.76. The molecular formula is C45H46N4OPt-2. The summed E-state index contributed by atoms with van der Waals surface area (Å²) < 4.78 is 12.1. The second kappa shape index (κ2) is 11.4. The van der Waals surface area contributed by atoms with Gasteiger partial charge in [-0.05, 0) is 44.4 Å². The van der Waals surface area contributed by atoms with E-state index in [2.05, 4.69) is 176 Å². The number of aryl methyl sites for hydroxylation is 1. The topological polar surface area (TPSA) is 35.2 Å². The Balaban J connectivity index is 1.25. The fourth-order valence-electron chi connectivity index (χ4n) is 8.18. The van der Waals surface area contributed by atoms with Crippen molar-refractivity contribution in [3.8, 4) is 17.2 Å². The van der Waals surface area contributed by atoms with E-state index in [1.165, 1.54) is 33.5 Å². The molecular weight excluding hydrogens is 808 g/mol. The number of pyridine rings is 1. The monoisotopic (exact) mass is 853 g/mol. The second-order valence-electron chi connectivity index (χ2n) is 16.9. The van der Waals surface area contributed by atoms with Crippen LogP contribution in [0.4, 0.5) is 17.2 Å². The zero-order valence-electron chi connectivity index (χ0n) is 31.3. The summed E-state index contributed by atoms with van der Waals surface area (Å²) in [6, 6.07) is 35.3. The molecule has 0 amide bonds. The molecule has 0 unspecified atom stereocenters. The Kier molecular flexibility index (Phi) is 7.57. The van der Waals surface area contributed by atoms with Gasteiger partial charge in [0.25, 0.3) is 0 Å². The van der Waals surface area contributed by atoms with Crippen LogP contribution >= 0.6 is 0 Å². The van der Waals surface area contributed by atoms with Gasteiger partial charge in [-0.3, -0.25) is 0 Å². The normalized spacial score (nSPS) is 16.9. The molecule has 4 aromatic carbocycles. The van der Waals surface area contributed by atoms with Gasteiger partial charge in [-0.25, -0.2) is 0 Å². The van der Waals surface area contributed by atoms with E-state index in [9.17, 15) is 0 Å². The van der Waals surface area contributed by atoms with Crippen LogP contribution in [0, 0.1) is 21.4 Å². The van der Waals surface area contributed by atoms with Crippen LogP contribution in [0.2, 0.25) is 0 Å². The van der Waals surface area contributed by atoms with Gasteiger partial charge in [0.05, 0.1) is 0 Å². The third kappa shape index (κ3) is 5.05. The van der Waals surface area contributed by atoms with Gasteiger partial charge in [-0.1, -0.05) is 68.4 Å². The van der Waals surface area contributed by atoms with Crippen molar-refractivity contribution in [3.05, 3.63) is 129 Å². The molecule has 0 fully saturated rings. The van der Waals surface area contributed by atoms with Crippen LogP contribution in [0.15, 0.2) is 85.1 Å². The van der Waals surface area contributed by atoms with Crippen LogP contribution in [0.5, 0.6) is 11.5 Å². The quantitative estimate of drug-likeness (QED) is 0.166. The van der Waals surface area contributed by atoms with Crippen LogP contribution in [-0.2, 0) is 49.1 Å². The van der Waals surface area contributed by atoms with Crippen molar-refractivity contribution in [2.75, 3.05) is 4.90 Å². The number of anilines is 3. The SMILES string of the molecule is Cn1[c](=[Pt])n(-c2[c-]c(Oc3[c-]c4c(cc3)Cc3cc5c(cc3N4c3cc(C(C)(C)C)ccn3)C(C)(C)C(C)(C)C5(C)C)ccc2)c2ccccc21. The number of rotatable bonds is 4. The van der Waals surface area contributed by atoms with Crippen LogP contribution < -0.4 is 9.64 Å². The van der Waals surface area contributed by atoms with E-state index in [1.807, 2.05) is 24.4 Å². The van der Waals surface area contributed by atoms with Gasteiger partial charge in [-0.2, -0.15) is 0 Å². The molecule has 264 valence electrons. The molecule has 0 saturated heterocycles. The number of aromatic nitrogens is 3.